The molecule has 2 unspecified atom stereocenters. The van der Waals surface area contributed by atoms with E-state index in [1.165, 1.54) is 4.90 Å². The molecule has 294 valence electrons. The molecule has 0 spiro atoms. The molecule has 0 aromatic heterocycles. The van der Waals surface area contributed by atoms with Gasteiger partial charge in [0.1, 0.15) is 12.1 Å². The largest absolute Gasteiger partial charge is 0.349 e. The highest BCUT2D eigenvalue weighted by atomic mass is 127. The fraction of sp³-hybridized carbons (Fsp3) is 0.865. The molecule has 1 saturated heterocycles. The monoisotopic (exact) mass is 851 g/mol. The van der Waals surface area contributed by atoms with E-state index in [0.717, 1.165) is 25.7 Å². The molecule has 12 nitrogen and oxygen atoms in total. The zero-order valence-corrected chi connectivity index (χ0v) is 36.0. The minimum absolute atomic E-state index is 0.188. The maximum atomic E-state index is 14.8. The van der Waals surface area contributed by atoms with Crippen LogP contribution in [0.5, 0.6) is 0 Å². The summed E-state index contributed by atoms with van der Waals surface area (Å²) in [5.74, 6) is -2.81. The lowest BCUT2D eigenvalue weighted by Gasteiger charge is -2.44. The molecule has 2 aliphatic rings. The fourth-order valence-electron chi connectivity index (χ4n) is 7.32. The van der Waals surface area contributed by atoms with Crippen molar-refractivity contribution in [2.24, 2.45) is 11.3 Å². The number of rotatable bonds is 15. The van der Waals surface area contributed by atoms with E-state index in [2.05, 4.69) is 38.5 Å². The number of amides is 5. The number of halogens is 1. The summed E-state index contributed by atoms with van der Waals surface area (Å²) >= 11 is 2.29. The number of likely N-dealkylation sites (tertiary alicyclic amines) is 1. The maximum absolute atomic E-state index is 14.8. The van der Waals surface area contributed by atoms with Gasteiger partial charge in [0.2, 0.25) is 17.6 Å². The Morgan fingerprint density at radius 2 is 1.53 bits per heavy atom. The highest BCUT2D eigenvalue weighted by Crippen LogP contribution is 2.41. The average molecular weight is 852 g/mol. The number of nitrogens with zero attached hydrogens (tertiary/aromatic N) is 2. The van der Waals surface area contributed by atoms with E-state index >= 15 is 0 Å². The molecule has 5 amide bonds. The molecule has 3 N–H and O–H groups in total. The van der Waals surface area contributed by atoms with Crippen molar-refractivity contribution < 1.29 is 32.4 Å². The topological polar surface area (TPSA) is 162 Å². The SMILES string of the molecule is CCCCC(NC(=O)[C@@H]1C(C(C)(C)I)CCN1C(=O)[C@@H](N(C)C(=O)NC1(CS(=O)(=O)C(C)(C)C)CCCCC1)C(C)(C)C)C(=O)C(=O)NCCC. The smallest absolute Gasteiger partial charge is 0.318 e. The maximum Gasteiger partial charge on any atom is 0.318 e. The molecule has 14 heteroatoms. The third-order valence-electron chi connectivity index (χ3n) is 10.4. The normalized spacial score (nSPS) is 21.0. The number of hydrogen-bond acceptors (Lipinski definition) is 7. The molecular formula is C37H66IN5O7S. The van der Waals surface area contributed by atoms with Crippen LogP contribution in [0.1, 0.15) is 133 Å². The van der Waals surface area contributed by atoms with Crippen LogP contribution in [-0.2, 0) is 29.0 Å². The second-order valence-corrected chi connectivity index (χ2v) is 22.8. The highest BCUT2D eigenvalue weighted by Gasteiger charge is 2.52. The summed E-state index contributed by atoms with van der Waals surface area (Å²) in [5, 5.41) is 8.57. The van der Waals surface area contributed by atoms with Gasteiger partial charge < -0.3 is 25.8 Å². The molecule has 4 atom stereocenters. The first-order valence-corrected chi connectivity index (χ1v) is 21.5. The molecular weight excluding hydrogens is 785 g/mol. The Hall–Kier alpha value is -1.97. The minimum atomic E-state index is -3.58. The number of Topliss-reactive ketones (excluding diaryl/α,β-unsaturated/α-hetero) is 1. The Bertz CT molecular complexity index is 1360. The summed E-state index contributed by atoms with van der Waals surface area (Å²) in [5.41, 5.74) is -1.73. The van der Waals surface area contributed by atoms with E-state index < -0.39 is 76.6 Å². The summed E-state index contributed by atoms with van der Waals surface area (Å²) in [7, 11) is -2.02. The Morgan fingerprint density at radius 3 is 2.02 bits per heavy atom. The number of nitrogens with one attached hydrogen (secondary N) is 3. The quantitative estimate of drug-likeness (QED) is 0.117. The van der Waals surface area contributed by atoms with Crippen molar-refractivity contribution in [3.05, 3.63) is 0 Å². The van der Waals surface area contributed by atoms with Gasteiger partial charge in [-0.15, -0.1) is 0 Å². The molecule has 0 aromatic carbocycles. The molecule has 0 bridgehead atoms. The number of ketones is 1. The molecule has 2 rings (SSSR count). The summed E-state index contributed by atoms with van der Waals surface area (Å²) < 4.78 is 25.4. The van der Waals surface area contributed by atoms with Gasteiger partial charge in [0.15, 0.2) is 9.84 Å². The van der Waals surface area contributed by atoms with Crippen molar-refractivity contribution in [3.63, 3.8) is 0 Å². The number of urea groups is 1. The fourth-order valence-corrected chi connectivity index (χ4v) is 9.49. The van der Waals surface area contributed by atoms with Gasteiger partial charge in [-0.3, -0.25) is 19.2 Å². The third-order valence-corrected chi connectivity index (χ3v) is 14.0. The van der Waals surface area contributed by atoms with Gasteiger partial charge in [0.25, 0.3) is 5.91 Å². The van der Waals surface area contributed by atoms with Gasteiger partial charge in [-0.25, -0.2) is 13.2 Å². The van der Waals surface area contributed by atoms with Crippen LogP contribution in [-0.4, -0.2) is 105 Å². The lowest BCUT2D eigenvalue weighted by molar-refractivity contribution is -0.146. The van der Waals surface area contributed by atoms with E-state index in [-0.39, 0.29) is 18.2 Å². The number of carbonyl (C=O) groups is 5. The number of alkyl halides is 1. The van der Waals surface area contributed by atoms with Crippen molar-refractivity contribution in [2.75, 3.05) is 25.9 Å². The van der Waals surface area contributed by atoms with Crippen LogP contribution in [0.15, 0.2) is 0 Å². The van der Waals surface area contributed by atoms with Crippen molar-refractivity contribution in [1.29, 1.82) is 0 Å². The highest BCUT2D eigenvalue weighted by molar-refractivity contribution is 14.1. The number of carbonyl (C=O) groups excluding carboxylic acids is 5. The van der Waals surface area contributed by atoms with Gasteiger partial charge in [-0.2, -0.15) is 0 Å². The van der Waals surface area contributed by atoms with Gasteiger partial charge in [-0.1, -0.05) is 103 Å². The molecule has 1 saturated carbocycles. The lowest BCUT2D eigenvalue weighted by Crippen LogP contribution is -2.64. The summed E-state index contributed by atoms with van der Waals surface area (Å²) in [6, 6.07) is -3.51. The zero-order chi connectivity index (χ0) is 39.2. The van der Waals surface area contributed by atoms with Crippen molar-refractivity contribution >= 4 is 62.0 Å². The van der Waals surface area contributed by atoms with Crippen molar-refractivity contribution in [2.45, 2.75) is 165 Å². The van der Waals surface area contributed by atoms with Gasteiger partial charge in [0, 0.05) is 29.5 Å². The second-order valence-electron chi connectivity index (χ2n) is 17.3. The van der Waals surface area contributed by atoms with Crippen LogP contribution in [0.2, 0.25) is 0 Å². The molecule has 2 fully saturated rings. The lowest BCUT2D eigenvalue weighted by atomic mass is 9.82. The summed E-state index contributed by atoms with van der Waals surface area (Å²) in [6.07, 6.45) is 6.43. The Balaban J connectivity index is 2.49. The molecule has 0 aromatic rings. The molecule has 1 aliphatic carbocycles. The van der Waals surface area contributed by atoms with E-state index in [1.807, 2.05) is 48.5 Å². The first-order chi connectivity index (χ1) is 23.3. The zero-order valence-electron chi connectivity index (χ0n) is 33.0. The third kappa shape index (κ3) is 11.8. The predicted molar refractivity (Wildman–Crippen MR) is 210 cm³/mol. The van der Waals surface area contributed by atoms with E-state index in [4.69, 9.17) is 0 Å². The Kier molecular flexibility index (Phi) is 15.9. The first kappa shape index (κ1) is 45.2. The van der Waals surface area contributed by atoms with Crippen LogP contribution < -0.4 is 16.0 Å². The second kappa shape index (κ2) is 17.9. The van der Waals surface area contributed by atoms with Crippen LogP contribution >= 0.6 is 22.6 Å². The number of hydrogen-bond donors (Lipinski definition) is 3. The molecule has 0 radical (unpaired) electrons. The molecule has 1 aliphatic heterocycles. The van der Waals surface area contributed by atoms with Crippen LogP contribution in [0.3, 0.4) is 0 Å². The van der Waals surface area contributed by atoms with E-state index in [1.54, 1.807) is 32.7 Å². The van der Waals surface area contributed by atoms with Gasteiger partial charge >= 0.3 is 6.03 Å². The van der Waals surface area contributed by atoms with Crippen LogP contribution in [0, 0.1) is 11.3 Å². The summed E-state index contributed by atoms with van der Waals surface area (Å²) in [4.78, 5) is 72.0. The molecule has 1 heterocycles. The number of unbranched alkanes of at least 4 members (excludes halogenated alkanes) is 1. The van der Waals surface area contributed by atoms with Gasteiger partial charge in [0.05, 0.1) is 22.1 Å². The Morgan fingerprint density at radius 1 is 0.941 bits per heavy atom. The van der Waals surface area contributed by atoms with Gasteiger partial charge in [-0.05, 0) is 58.3 Å². The van der Waals surface area contributed by atoms with E-state index in [9.17, 15) is 32.4 Å². The number of sulfone groups is 1. The van der Waals surface area contributed by atoms with E-state index in [0.29, 0.717) is 45.1 Å². The minimum Gasteiger partial charge on any atom is -0.349 e. The average Bonchev–Trinajstić information content (AvgIpc) is 3.47. The van der Waals surface area contributed by atoms with Crippen LogP contribution in [0.25, 0.3) is 0 Å². The van der Waals surface area contributed by atoms with Crippen molar-refractivity contribution in [3.8, 4) is 0 Å². The Labute approximate surface area is 321 Å². The predicted octanol–water partition coefficient (Wildman–Crippen LogP) is 5.16. The number of likely N-dealkylation sites (N-methyl/N-ethyl adjacent to an activating group) is 1. The van der Waals surface area contributed by atoms with Crippen molar-refractivity contribution in [1.82, 2.24) is 25.8 Å². The first-order valence-electron chi connectivity index (χ1n) is 18.7. The standard InChI is InChI=1S/C37H66IN5O7S/c1-12-14-18-26(28(44)31(46)39-22-13-2)40-30(45)27-25(36(9,10)38)19-23-43(27)32(47)29(34(3,4)5)42(11)33(48)41-37(20-16-15-17-21-37)24-51(49,50)35(6,7)8/h25-27,29H,12-24H2,1-11H3,(H,39,46)(H,40,45)(H,41,48)/t25?,26?,27-,29+/m0/s1. The summed E-state index contributed by atoms with van der Waals surface area (Å²) in [6.45, 7) is 19.0. The molecule has 51 heavy (non-hydrogen) atoms. The van der Waals surface area contributed by atoms with Crippen LogP contribution in [0.4, 0.5) is 4.79 Å².